The van der Waals surface area contributed by atoms with Crippen LogP contribution in [0.4, 0.5) is 0 Å². The molecule has 1 aromatic heterocycles. The number of methoxy groups -OCH3 is 1. The number of hydrogen-bond acceptors (Lipinski definition) is 3. The van der Waals surface area contributed by atoms with Crippen molar-refractivity contribution in [2.45, 2.75) is 25.9 Å². The van der Waals surface area contributed by atoms with E-state index in [1.54, 1.807) is 7.11 Å². The van der Waals surface area contributed by atoms with Crippen LogP contribution in [0.15, 0.2) is 59.4 Å². The second kappa shape index (κ2) is 11.1. The Balaban J connectivity index is 1.82. The molecule has 3 N–H and O–H groups in total. The number of nitrogens with zero attached hydrogens (tertiary/aromatic N) is 1. The number of aromatic amines is 1. The quantitative estimate of drug-likeness (QED) is 0.435. The summed E-state index contributed by atoms with van der Waals surface area (Å²) >= 11 is 5.78. The van der Waals surface area contributed by atoms with Gasteiger partial charge in [0.05, 0.1) is 40.3 Å². The van der Waals surface area contributed by atoms with Gasteiger partial charge in [-0.2, -0.15) is 0 Å². The lowest BCUT2D eigenvalue weighted by Crippen LogP contribution is -3.05. The van der Waals surface area contributed by atoms with Gasteiger partial charge < -0.3 is 24.8 Å². The smallest absolute Gasteiger partial charge is 0.253 e. The monoisotopic (exact) mass is 453 g/mol. The number of quaternary nitrogens is 1. The molecule has 32 heavy (non-hydrogen) atoms. The number of pyridine rings is 1. The minimum absolute atomic E-state index is 0.0739. The molecule has 0 bridgehead atoms. The van der Waals surface area contributed by atoms with E-state index in [-0.39, 0.29) is 11.6 Å². The van der Waals surface area contributed by atoms with Gasteiger partial charge in [0, 0.05) is 29.4 Å². The fourth-order valence-corrected chi connectivity index (χ4v) is 3.99. The topological polar surface area (TPSA) is 61.8 Å². The van der Waals surface area contributed by atoms with Crippen molar-refractivity contribution in [1.82, 2.24) is 15.2 Å². The predicted molar refractivity (Wildman–Crippen MR) is 134 cm³/mol. The average molecular weight is 454 g/mol. The van der Waals surface area contributed by atoms with E-state index in [1.807, 2.05) is 42.5 Å². The van der Waals surface area contributed by atoms with Crippen LogP contribution in [0.3, 0.4) is 0 Å². The third-order valence-corrected chi connectivity index (χ3v) is 5.90. The number of benzene rings is 2. The minimum Gasteiger partial charge on any atom is -0.497 e. The summed E-state index contributed by atoms with van der Waals surface area (Å²) in [5.41, 5.74) is 2.55. The molecule has 0 aliphatic rings. The zero-order valence-corrected chi connectivity index (χ0v) is 20.1. The summed E-state index contributed by atoms with van der Waals surface area (Å²) < 4.78 is 5.34. The Kier molecular flexibility index (Phi) is 8.25. The lowest BCUT2D eigenvalue weighted by atomic mass is 10.1. The van der Waals surface area contributed by atoms with Gasteiger partial charge in [0.25, 0.3) is 5.56 Å². The lowest BCUT2D eigenvalue weighted by molar-refractivity contribution is -0.858. The van der Waals surface area contributed by atoms with Crippen molar-refractivity contribution in [2.75, 3.05) is 34.3 Å². The first-order valence-corrected chi connectivity index (χ1v) is 11.4. The van der Waals surface area contributed by atoms with Crippen LogP contribution < -0.4 is 20.5 Å². The maximum atomic E-state index is 12.8. The fourth-order valence-electron chi connectivity index (χ4n) is 3.66. The van der Waals surface area contributed by atoms with Crippen LogP contribution in [-0.4, -0.2) is 49.3 Å². The molecule has 0 saturated carbocycles. The van der Waals surface area contributed by atoms with Gasteiger partial charge in [-0.05, 0) is 49.0 Å². The largest absolute Gasteiger partial charge is 0.497 e. The molecule has 1 atom stereocenters. The Hall–Kier alpha value is -2.90. The number of ether oxygens (including phenoxy) is 1. The summed E-state index contributed by atoms with van der Waals surface area (Å²) in [6, 6.07) is 17.9. The van der Waals surface area contributed by atoms with Crippen LogP contribution in [0, 0.1) is 0 Å². The molecule has 0 spiro atoms. The molecule has 0 amide bonds. The van der Waals surface area contributed by atoms with Crippen LogP contribution in [0.1, 0.15) is 30.5 Å². The standard InChI is InChI=1S/C25H32N4O2S/c1-18(19-9-6-5-7-10-19)26-25(32)29(14-8-13-28(2)3)17-21-15-20-16-22(31-4)11-12-23(20)27-24(21)30/h5-7,9-12,15-16,18H,8,13-14,17H2,1-4H3,(H,26,32)(H,27,30)/p+1. The van der Waals surface area contributed by atoms with E-state index < -0.39 is 0 Å². The average Bonchev–Trinajstić information content (AvgIpc) is 2.78. The van der Waals surface area contributed by atoms with Crippen LogP contribution >= 0.6 is 12.2 Å². The SMILES string of the molecule is COc1ccc2[nH]c(=O)c(CN(CCC[NH+](C)C)C(=S)NC(C)c3ccccc3)cc2c1. The number of rotatable bonds is 9. The Bertz CT molecular complexity index is 1100. The number of aromatic nitrogens is 1. The highest BCUT2D eigenvalue weighted by atomic mass is 32.1. The van der Waals surface area contributed by atoms with Gasteiger partial charge in [-0.25, -0.2) is 0 Å². The number of H-pyrrole nitrogens is 1. The van der Waals surface area contributed by atoms with Crippen molar-refractivity contribution in [1.29, 1.82) is 0 Å². The molecular weight excluding hydrogens is 420 g/mol. The highest BCUT2D eigenvalue weighted by molar-refractivity contribution is 7.80. The number of fused-ring (bicyclic) bond motifs is 1. The third-order valence-electron chi connectivity index (χ3n) is 5.52. The molecule has 170 valence electrons. The van der Waals surface area contributed by atoms with Gasteiger partial charge in [-0.15, -0.1) is 0 Å². The molecule has 6 nitrogen and oxygen atoms in total. The normalized spacial score (nSPS) is 12.0. The maximum Gasteiger partial charge on any atom is 0.253 e. The van der Waals surface area contributed by atoms with Gasteiger partial charge in [-0.1, -0.05) is 30.3 Å². The summed E-state index contributed by atoms with van der Waals surface area (Å²) in [7, 11) is 5.92. The van der Waals surface area contributed by atoms with Gasteiger partial charge in [-0.3, -0.25) is 4.79 Å². The van der Waals surface area contributed by atoms with Crippen molar-refractivity contribution in [3.63, 3.8) is 0 Å². The fraction of sp³-hybridized carbons (Fsp3) is 0.360. The Morgan fingerprint density at radius 2 is 1.94 bits per heavy atom. The van der Waals surface area contributed by atoms with E-state index in [2.05, 4.69) is 48.4 Å². The first kappa shape index (κ1) is 23.8. The summed E-state index contributed by atoms with van der Waals surface area (Å²) in [6.07, 6.45) is 0.975. The van der Waals surface area contributed by atoms with Crippen LogP contribution in [0.25, 0.3) is 10.9 Å². The molecule has 3 aromatic rings. The Morgan fingerprint density at radius 3 is 2.62 bits per heavy atom. The van der Waals surface area contributed by atoms with Crippen molar-refractivity contribution >= 4 is 28.2 Å². The van der Waals surface area contributed by atoms with E-state index in [0.29, 0.717) is 17.2 Å². The molecular formula is C25H33N4O2S+. The zero-order valence-electron chi connectivity index (χ0n) is 19.3. The molecule has 0 saturated heterocycles. The molecule has 3 rings (SSSR count). The number of thiocarbonyl (C=S) groups is 1. The summed E-state index contributed by atoms with van der Waals surface area (Å²) in [5, 5.41) is 5.04. The molecule has 0 fully saturated rings. The van der Waals surface area contributed by atoms with E-state index in [1.165, 1.54) is 10.5 Å². The van der Waals surface area contributed by atoms with Crippen molar-refractivity contribution < 1.29 is 9.64 Å². The Labute approximate surface area is 195 Å². The molecule has 7 heteroatoms. The molecule has 0 aliphatic carbocycles. The highest BCUT2D eigenvalue weighted by Gasteiger charge is 2.16. The van der Waals surface area contributed by atoms with E-state index in [9.17, 15) is 4.79 Å². The predicted octanol–water partition coefficient (Wildman–Crippen LogP) is 2.51. The molecule has 2 aromatic carbocycles. The lowest BCUT2D eigenvalue weighted by Gasteiger charge is -2.28. The maximum absolute atomic E-state index is 12.8. The molecule has 1 heterocycles. The zero-order chi connectivity index (χ0) is 23.1. The first-order chi connectivity index (χ1) is 15.4. The second-order valence-corrected chi connectivity index (χ2v) is 8.78. The van der Waals surface area contributed by atoms with Crippen LogP contribution in [0.2, 0.25) is 0 Å². The Morgan fingerprint density at radius 1 is 1.19 bits per heavy atom. The van der Waals surface area contributed by atoms with E-state index in [4.69, 9.17) is 17.0 Å². The molecule has 0 aliphatic heterocycles. The first-order valence-electron chi connectivity index (χ1n) is 11.0. The number of nitrogens with one attached hydrogen (secondary N) is 3. The minimum atomic E-state index is -0.0928. The summed E-state index contributed by atoms with van der Waals surface area (Å²) in [5.74, 6) is 0.759. The van der Waals surface area contributed by atoms with Gasteiger partial charge in [0.1, 0.15) is 5.75 Å². The molecule has 1 unspecified atom stereocenters. The van der Waals surface area contributed by atoms with Gasteiger partial charge >= 0.3 is 0 Å². The van der Waals surface area contributed by atoms with Crippen LogP contribution in [0.5, 0.6) is 5.75 Å². The van der Waals surface area contributed by atoms with Gasteiger partial charge in [0.2, 0.25) is 0 Å². The summed E-state index contributed by atoms with van der Waals surface area (Å²) in [6.45, 7) is 4.34. The second-order valence-electron chi connectivity index (χ2n) is 8.39. The van der Waals surface area contributed by atoms with Crippen LogP contribution in [-0.2, 0) is 6.54 Å². The van der Waals surface area contributed by atoms with E-state index in [0.717, 1.165) is 36.2 Å². The van der Waals surface area contributed by atoms with Crippen molar-refractivity contribution in [2.24, 2.45) is 0 Å². The molecule has 0 radical (unpaired) electrons. The third kappa shape index (κ3) is 6.31. The van der Waals surface area contributed by atoms with E-state index >= 15 is 0 Å². The summed E-state index contributed by atoms with van der Waals surface area (Å²) in [4.78, 5) is 19.3. The van der Waals surface area contributed by atoms with Gasteiger partial charge in [0.15, 0.2) is 5.11 Å². The number of hydrogen-bond donors (Lipinski definition) is 3. The van der Waals surface area contributed by atoms with Crippen molar-refractivity contribution in [3.8, 4) is 5.75 Å². The highest BCUT2D eigenvalue weighted by Crippen LogP contribution is 2.19. The van der Waals surface area contributed by atoms with Crippen molar-refractivity contribution in [3.05, 3.63) is 76.1 Å².